The Morgan fingerprint density at radius 1 is 1.53 bits per heavy atom. The molecule has 17 heavy (non-hydrogen) atoms. The van der Waals surface area contributed by atoms with Crippen LogP contribution in [0.4, 0.5) is 0 Å². The van der Waals surface area contributed by atoms with Crippen LogP contribution in [0.3, 0.4) is 0 Å². The largest absolute Gasteiger partial charge is 0.344 e. The van der Waals surface area contributed by atoms with Crippen LogP contribution in [0.25, 0.3) is 0 Å². The summed E-state index contributed by atoms with van der Waals surface area (Å²) < 4.78 is 2.00. The van der Waals surface area contributed by atoms with Crippen molar-refractivity contribution >= 4 is 5.91 Å². The quantitative estimate of drug-likeness (QED) is 0.839. The van der Waals surface area contributed by atoms with E-state index in [0.717, 1.165) is 25.3 Å². The summed E-state index contributed by atoms with van der Waals surface area (Å²) in [6, 6.07) is 4.48. The number of amides is 1. The van der Waals surface area contributed by atoms with E-state index in [1.165, 1.54) is 0 Å². The monoisotopic (exact) mass is 235 g/mol. The second-order valence-electron chi connectivity index (χ2n) is 4.80. The number of carbonyl (C=O) groups excluding carboxylic acids is 1. The molecule has 0 bridgehead atoms. The van der Waals surface area contributed by atoms with Crippen LogP contribution in [-0.2, 0) is 6.54 Å². The minimum atomic E-state index is 0.151. The lowest BCUT2D eigenvalue weighted by Gasteiger charge is -2.37. The first kappa shape index (κ1) is 12.2. The third-order valence-corrected chi connectivity index (χ3v) is 3.41. The molecule has 2 atom stereocenters. The zero-order valence-corrected chi connectivity index (χ0v) is 10.8. The molecule has 0 spiro atoms. The molecular formula is C13H21N3O. The maximum Gasteiger partial charge on any atom is 0.270 e. The minimum Gasteiger partial charge on any atom is -0.344 e. The minimum absolute atomic E-state index is 0.151. The molecule has 1 aliphatic rings. The number of aryl methyl sites for hydroxylation is 1. The molecule has 0 aliphatic carbocycles. The van der Waals surface area contributed by atoms with E-state index in [1.54, 1.807) is 0 Å². The number of hydrogen-bond donors (Lipinski definition) is 1. The fourth-order valence-electron chi connectivity index (χ4n) is 2.34. The Morgan fingerprint density at radius 2 is 2.29 bits per heavy atom. The maximum absolute atomic E-state index is 12.5. The van der Waals surface area contributed by atoms with Crippen molar-refractivity contribution < 1.29 is 4.79 Å². The highest BCUT2D eigenvalue weighted by molar-refractivity contribution is 5.93. The number of aromatic nitrogens is 1. The van der Waals surface area contributed by atoms with E-state index in [-0.39, 0.29) is 11.9 Å². The lowest BCUT2D eigenvalue weighted by atomic mass is 10.1. The molecule has 2 unspecified atom stereocenters. The van der Waals surface area contributed by atoms with Gasteiger partial charge in [0, 0.05) is 37.9 Å². The second-order valence-corrected chi connectivity index (χ2v) is 4.80. The Hall–Kier alpha value is -1.29. The van der Waals surface area contributed by atoms with E-state index in [1.807, 2.05) is 27.8 Å². The third-order valence-electron chi connectivity index (χ3n) is 3.41. The Morgan fingerprint density at radius 3 is 3.00 bits per heavy atom. The van der Waals surface area contributed by atoms with Crippen molar-refractivity contribution in [1.29, 1.82) is 0 Å². The molecule has 1 N–H and O–H groups in total. The van der Waals surface area contributed by atoms with Crippen molar-refractivity contribution in [2.45, 2.75) is 39.4 Å². The first-order valence-electron chi connectivity index (χ1n) is 6.33. The molecule has 94 valence electrons. The molecule has 1 aliphatic heterocycles. The van der Waals surface area contributed by atoms with Gasteiger partial charge < -0.3 is 14.8 Å². The summed E-state index contributed by atoms with van der Waals surface area (Å²) in [7, 11) is 0. The van der Waals surface area contributed by atoms with Crippen LogP contribution in [0.5, 0.6) is 0 Å². The molecule has 1 aromatic heterocycles. The molecule has 4 nitrogen and oxygen atoms in total. The summed E-state index contributed by atoms with van der Waals surface area (Å²) in [5.74, 6) is 0.151. The van der Waals surface area contributed by atoms with Gasteiger partial charge in [-0.25, -0.2) is 0 Å². The molecule has 2 rings (SSSR count). The van der Waals surface area contributed by atoms with Crippen molar-refractivity contribution in [3.05, 3.63) is 24.0 Å². The molecule has 1 aromatic rings. The van der Waals surface area contributed by atoms with Crippen LogP contribution in [0, 0.1) is 0 Å². The van der Waals surface area contributed by atoms with E-state index in [0.29, 0.717) is 6.04 Å². The van der Waals surface area contributed by atoms with Crippen LogP contribution in [0.15, 0.2) is 18.3 Å². The lowest BCUT2D eigenvalue weighted by Crippen LogP contribution is -2.56. The highest BCUT2D eigenvalue weighted by Gasteiger charge is 2.28. The number of nitrogens with zero attached hydrogens (tertiary/aromatic N) is 2. The van der Waals surface area contributed by atoms with Crippen molar-refractivity contribution in [3.63, 3.8) is 0 Å². The third kappa shape index (κ3) is 2.36. The maximum atomic E-state index is 12.5. The van der Waals surface area contributed by atoms with Gasteiger partial charge in [0.25, 0.3) is 5.91 Å². The molecule has 1 saturated heterocycles. The van der Waals surface area contributed by atoms with Gasteiger partial charge in [0.2, 0.25) is 0 Å². The number of rotatable bonds is 2. The summed E-state index contributed by atoms with van der Waals surface area (Å²) in [4.78, 5) is 14.4. The van der Waals surface area contributed by atoms with Crippen molar-refractivity contribution in [3.8, 4) is 0 Å². The van der Waals surface area contributed by atoms with Crippen LogP contribution in [0.2, 0.25) is 0 Å². The average molecular weight is 235 g/mol. The fourth-order valence-corrected chi connectivity index (χ4v) is 2.34. The van der Waals surface area contributed by atoms with Gasteiger partial charge in [-0.2, -0.15) is 0 Å². The molecule has 1 fully saturated rings. The number of piperazine rings is 1. The topological polar surface area (TPSA) is 37.3 Å². The van der Waals surface area contributed by atoms with Crippen LogP contribution in [-0.4, -0.2) is 40.5 Å². The van der Waals surface area contributed by atoms with Gasteiger partial charge in [-0.1, -0.05) is 0 Å². The summed E-state index contributed by atoms with van der Waals surface area (Å²) in [6.07, 6.45) is 1.96. The highest BCUT2D eigenvalue weighted by atomic mass is 16.2. The van der Waals surface area contributed by atoms with E-state index in [4.69, 9.17) is 0 Å². The normalized spacial score (nSPS) is 25.0. The van der Waals surface area contributed by atoms with Crippen LogP contribution < -0.4 is 5.32 Å². The van der Waals surface area contributed by atoms with Gasteiger partial charge in [0.05, 0.1) is 0 Å². The lowest BCUT2D eigenvalue weighted by molar-refractivity contribution is 0.0605. The van der Waals surface area contributed by atoms with Gasteiger partial charge in [0.1, 0.15) is 5.69 Å². The molecule has 0 radical (unpaired) electrons. The van der Waals surface area contributed by atoms with Crippen LogP contribution in [0.1, 0.15) is 31.3 Å². The molecule has 1 amide bonds. The van der Waals surface area contributed by atoms with Crippen molar-refractivity contribution in [1.82, 2.24) is 14.8 Å². The van der Waals surface area contributed by atoms with E-state index in [9.17, 15) is 4.79 Å². The predicted octanol–water partition coefficient (Wildman–Crippen LogP) is 1.33. The van der Waals surface area contributed by atoms with E-state index in [2.05, 4.69) is 26.1 Å². The number of nitrogens with one attached hydrogen (secondary N) is 1. The molecule has 4 heteroatoms. The number of hydrogen-bond acceptors (Lipinski definition) is 2. The number of carbonyl (C=O) groups is 1. The summed E-state index contributed by atoms with van der Waals surface area (Å²) in [5.41, 5.74) is 0.799. The van der Waals surface area contributed by atoms with Gasteiger partial charge in [-0.3, -0.25) is 4.79 Å². The van der Waals surface area contributed by atoms with Crippen molar-refractivity contribution in [2.75, 3.05) is 13.1 Å². The molecule has 2 heterocycles. The van der Waals surface area contributed by atoms with E-state index < -0.39 is 0 Å². The Balaban J connectivity index is 2.18. The zero-order chi connectivity index (χ0) is 12.4. The second kappa shape index (κ2) is 4.92. The van der Waals surface area contributed by atoms with Gasteiger partial charge in [-0.15, -0.1) is 0 Å². The van der Waals surface area contributed by atoms with Gasteiger partial charge in [-0.05, 0) is 32.9 Å². The van der Waals surface area contributed by atoms with Crippen LogP contribution >= 0.6 is 0 Å². The summed E-state index contributed by atoms with van der Waals surface area (Å²) >= 11 is 0. The molecule has 0 aromatic carbocycles. The summed E-state index contributed by atoms with van der Waals surface area (Å²) in [6.45, 7) is 8.76. The van der Waals surface area contributed by atoms with Gasteiger partial charge in [0.15, 0.2) is 0 Å². The SMILES string of the molecule is CCn1cccc1C(=O)N1CC(C)NCC1C. The van der Waals surface area contributed by atoms with Crippen molar-refractivity contribution in [2.24, 2.45) is 0 Å². The standard InChI is InChI=1S/C13H21N3O/c1-4-15-7-5-6-12(15)13(17)16-9-10(2)14-8-11(16)3/h5-7,10-11,14H,4,8-9H2,1-3H3. The molecular weight excluding hydrogens is 214 g/mol. The zero-order valence-electron chi connectivity index (χ0n) is 10.8. The Kier molecular flexibility index (Phi) is 3.52. The predicted molar refractivity (Wildman–Crippen MR) is 68.1 cm³/mol. The van der Waals surface area contributed by atoms with E-state index >= 15 is 0 Å². The highest BCUT2D eigenvalue weighted by Crippen LogP contribution is 2.13. The Bertz CT molecular complexity index is 399. The van der Waals surface area contributed by atoms with Gasteiger partial charge >= 0.3 is 0 Å². The molecule has 0 saturated carbocycles. The Labute approximate surface area is 103 Å². The smallest absolute Gasteiger partial charge is 0.270 e. The average Bonchev–Trinajstić information content (AvgIpc) is 2.79. The first-order chi connectivity index (χ1) is 8.13. The summed E-state index contributed by atoms with van der Waals surface area (Å²) in [5, 5.41) is 3.39. The fraction of sp³-hybridized carbons (Fsp3) is 0.615. The first-order valence-corrected chi connectivity index (χ1v) is 6.33.